The zero-order chi connectivity index (χ0) is 14.5. The Morgan fingerprint density at radius 2 is 2.05 bits per heavy atom. The zero-order valence-electron chi connectivity index (χ0n) is 9.90. The van der Waals surface area contributed by atoms with E-state index in [2.05, 4.69) is 14.8 Å². The number of anilines is 1. The molecule has 0 fully saturated rings. The summed E-state index contributed by atoms with van der Waals surface area (Å²) in [5.74, 6) is -1.75. The average molecular weight is 279 g/mol. The van der Waals surface area contributed by atoms with E-state index in [0.717, 1.165) is 6.07 Å². The van der Waals surface area contributed by atoms with Crippen molar-refractivity contribution in [2.45, 2.75) is 12.4 Å². The number of carbonyl (C=O) groups is 1. The van der Waals surface area contributed by atoms with Crippen LogP contribution in [-0.4, -0.2) is 37.2 Å². The zero-order valence-corrected chi connectivity index (χ0v) is 9.90. The SMILES string of the molecule is COCC(Nc1ccccc1OC(F)(F)F)C(=O)O. The summed E-state index contributed by atoms with van der Waals surface area (Å²) in [5, 5.41) is 11.3. The van der Waals surface area contributed by atoms with Gasteiger partial charge in [0.25, 0.3) is 0 Å². The third kappa shape index (κ3) is 5.04. The summed E-state index contributed by atoms with van der Waals surface area (Å²) in [6, 6.07) is 3.99. The number of methoxy groups -OCH3 is 1. The molecule has 5 nitrogen and oxygen atoms in total. The van der Waals surface area contributed by atoms with Crippen molar-refractivity contribution in [2.24, 2.45) is 0 Å². The number of hydrogen-bond acceptors (Lipinski definition) is 4. The standard InChI is InChI=1S/C11H12F3NO4/c1-18-6-8(10(16)17)15-7-4-2-3-5-9(7)19-11(12,13)14/h2-5,8,15H,6H2,1H3,(H,16,17). The van der Waals surface area contributed by atoms with E-state index in [4.69, 9.17) is 5.11 Å². The lowest BCUT2D eigenvalue weighted by atomic mass is 10.2. The summed E-state index contributed by atoms with van der Waals surface area (Å²) >= 11 is 0. The minimum atomic E-state index is -4.85. The molecule has 0 radical (unpaired) electrons. The normalized spacial score (nSPS) is 12.8. The Balaban J connectivity index is 2.90. The van der Waals surface area contributed by atoms with Crippen molar-refractivity contribution in [1.29, 1.82) is 0 Å². The van der Waals surface area contributed by atoms with Crippen LogP contribution in [-0.2, 0) is 9.53 Å². The molecule has 0 saturated heterocycles. The van der Waals surface area contributed by atoms with Crippen molar-refractivity contribution in [3.8, 4) is 5.75 Å². The number of carboxylic acid groups (broad SMARTS) is 1. The van der Waals surface area contributed by atoms with Gasteiger partial charge in [-0.3, -0.25) is 0 Å². The Hall–Kier alpha value is -1.96. The molecule has 0 aromatic heterocycles. The van der Waals surface area contributed by atoms with Gasteiger partial charge in [0.15, 0.2) is 5.75 Å². The van der Waals surface area contributed by atoms with Gasteiger partial charge in [-0.2, -0.15) is 0 Å². The number of aliphatic carboxylic acids is 1. The molecule has 19 heavy (non-hydrogen) atoms. The molecule has 0 aliphatic carbocycles. The number of nitrogens with one attached hydrogen (secondary N) is 1. The number of rotatable bonds is 6. The highest BCUT2D eigenvalue weighted by Crippen LogP contribution is 2.30. The third-order valence-corrected chi connectivity index (χ3v) is 2.07. The van der Waals surface area contributed by atoms with Gasteiger partial charge in [-0.15, -0.1) is 13.2 Å². The van der Waals surface area contributed by atoms with Crippen LogP contribution in [0, 0.1) is 0 Å². The number of alkyl halides is 3. The fraction of sp³-hybridized carbons (Fsp3) is 0.364. The van der Waals surface area contributed by atoms with Gasteiger partial charge < -0.3 is 19.9 Å². The molecule has 1 rings (SSSR count). The van der Waals surface area contributed by atoms with Gasteiger partial charge in [-0.05, 0) is 12.1 Å². The molecule has 0 bridgehead atoms. The lowest BCUT2D eigenvalue weighted by molar-refractivity contribution is -0.274. The van der Waals surface area contributed by atoms with E-state index in [9.17, 15) is 18.0 Å². The van der Waals surface area contributed by atoms with Crippen molar-refractivity contribution in [3.63, 3.8) is 0 Å². The summed E-state index contributed by atoms with van der Waals surface area (Å²) in [6.07, 6.45) is -4.85. The molecule has 0 saturated carbocycles. The van der Waals surface area contributed by atoms with Crippen molar-refractivity contribution in [1.82, 2.24) is 0 Å². The molecular formula is C11H12F3NO4. The van der Waals surface area contributed by atoms with E-state index in [1.54, 1.807) is 0 Å². The topological polar surface area (TPSA) is 67.8 Å². The highest BCUT2D eigenvalue weighted by atomic mass is 19.4. The minimum Gasteiger partial charge on any atom is -0.480 e. The van der Waals surface area contributed by atoms with E-state index in [0.29, 0.717) is 0 Å². The van der Waals surface area contributed by atoms with E-state index < -0.39 is 24.1 Å². The monoisotopic (exact) mass is 279 g/mol. The molecule has 8 heteroatoms. The van der Waals surface area contributed by atoms with Gasteiger partial charge in [0.1, 0.15) is 6.04 Å². The van der Waals surface area contributed by atoms with Crippen LogP contribution in [0.25, 0.3) is 0 Å². The Morgan fingerprint density at radius 1 is 1.42 bits per heavy atom. The van der Waals surface area contributed by atoms with Crippen LogP contribution >= 0.6 is 0 Å². The largest absolute Gasteiger partial charge is 0.573 e. The number of halogens is 3. The Labute approximate surface area is 106 Å². The fourth-order valence-corrected chi connectivity index (χ4v) is 1.33. The predicted octanol–water partition coefficient (Wildman–Crippen LogP) is 2.10. The third-order valence-electron chi connectivity index (χ3n) is 2.07. The number of ether oxygens (including phenoxy) is 2. The second-order valence-electron chi connectivity index (χ2n) is 3.53. The molecule has 106 valence electrons. The Kier molecular flexibility index (Phi) is 4.99. The molecule has 0 aliphatic heterocycles. The van der Waals surface area contributed by atoms with Crippen LogP contribution in [0.1, 0.15) is 0 Å². The van der Waals surface area contributed by atoms with Crippen molar-refractivity contribution in [2.75, 3.05) is 19.0 Å². The fourth-order valence-electron chi connectivity index (χ4n) is 1.33. The first kappa shape index (κ1) is 15.1. The summed E-state index contributed by atoms with van der Waals surface area (Å²) in [5.41, 5.74) is -0.0794. The molecule has 0 amide bonds. The van der Waals surface area contributed by atoms with Crippen molar-refractivity contribution < 1.29 is 32.5 Å². The van der Waals surface area contributed by atoms with Crippen LogP contribution in [0.15, 0.2) is 24.3 Å². The van der Waals surface area contributed by atoms with Gasteiger partial charge in [-0.25, -0.2) is 4.79 Å². The quantitative estimate of drug-likeness (QED) is 0.834. The second-order valence-corrected chi connectivity index (χ2v) is 3.53. The summed E-state index contributed by atoms with van der Waals surface area (Å²) in [7, 11) is 1.29. The van der Waals surface area contributed by atoms with E-state index in [-0.39, 0.29) is 12.3 Å². The maximum absolute atomic E-state index is 12.2. The lowest BCUT2D eigenvalue weighted by Gasteiger charge is -2.18. The molecule has 0 spiro atoms. The highest BCUT2D eigenvalue weighted by Gasteiger charge is 2.32. The Morgan fingerprint density at radius 3 is 2.58 bits per heavy atom. The molecule has 2 N–H and O–H groups in total. The maximum Gasteiger partial charge on any atom is 0.573 e. The van der Waals surface area contributed by atoms with Crippen LogP contribution in [0.2, 0.25) is 0 Å². The smallest absolute Gasteiger partial charge is 0.480 e. The number of hydrogen-bond donors (Lipinski definition) is 2. The number of carboxylic acids is 1. The van der Waals surface area contributed by atoms with Gasteiger partial charge in [0, 0.05) is 7.11 Å². The first-order chi connectivity index (χ1) is 8.83. The first-order valence-electron chi connectivity index (χ1n) is 5.16. The van der Waals surface area contributed by atoms with E-state index in [1.807, 2.05) is 0 Å². The van der Waals surface area contributed by atoms with Crippen LogP contribution < -0.4 is 10.1 Å². The number of para-hydroxylation sites is 2. The molecule has 1 unspecified atom stereocenters. The van der Waals surface area contributed by atoms with Crippen LogP contribution in [0.4, 0.5) is 18.9 Å². The van der Waals surface area contributed by atoms with Gasteiger partial charge >= 0.3 is 12.3 Å². The second kappa shape index (κ2) is 6.28. The first-order valence-corrected chi connectivity index (χ1v) is 5.16. The van der Waals surface area contributed by atoms with Gasteiger partial charge in [0.2, 0.25) is 0 Å². The van der Waals surface area contributed by atoms with Crippen LogP contribution in [0.5, 0.6) is 5.75 Å². The average Bonchev–Trinajstić information content (AvgIpc) is 2.28. The minimum absolute atomic E-state index is 0.0794. The highest BCUT2D eigenvalue weighted by molar-refractivity contribution is 5.78. The van der Waals surface area contributed by atoms with Gasteiger partial charge in [-0.1, -0.05) is 12.1 Å². The van der Waals surface area contributed by atoms with Crippen LogP contribution in [0.3, 0.4) is 0 Å². The van der Waals surface area contributed by atoms with Crippen molar-refractivity contribution >= 4 is 11.7 Å². The maximum atomic E-state index is 12.2. The molecule has 0 aliphatic rings. The van der Waals surface area contributed by atoms with Crippen molar-refractivity contribution in [3.05, 3.63) is 24.3 Å². The van der Waals surface area contributed by atoms with E-state index >= 15 is 0 Å². The van der Waals surface area contributed by atoms with Gasteiger partial charge in [0.05, 0.1) is 12.3 Å². The molecule has 1 aromatic carbocycles. The molecule has 1 aromatic rings. The molecule has 1 atom stereocenters. The summed E-state index contributed by atoms with van der Waals surface area (Å²) < 4.78 is 45.0. The summed E-state index contributed by atoms with van der Waals surface area (Å²) in [4.78, 5) is 10.9. The van der Waals surface area contributed by atoms with E-state index in [1.165, 1.54) is 25.3 Å². The molecular weight excluding hydrogens is 267 g/mol. The lowest BCUT2D eigenvalue weighted by Crippen LogP contribution is -2.34. The molecule has 0 heterocycles. The Bertz CT molecular complexity index is 436. The summed E-state index contributed by atoms with van der Waals surface area (Å²) in [6.45, 7) is -0.199. The predicted molar refractivity (Wildman–Crippen MR) is 60.0 cm³/mol. The number of benzene rings is 1.